The lowest BCUT2D eigenvalue weighted by Crippen LogP contribution is -2.37. The Hall–Kier alpha value is -4.47. The molecule has 40 heavy (non-hydrogen) atoms. The molecule has 1 saturated heterocycles. The second-order valence-electron chi connectivity index (χ2n) is 9.45. The highest BCUT2D eigenvalue weighted by molar-refractivity contribution is 6.16. The number of hydrogen-bond acceptors (Lipinski definition) is 8. The molecule has 2 N–H and O–H groups in total. The summed E-state index contributed by atoms with van der Waals surface area (Å²) in [7, 11) is 0. The number of hydrogen-bond donors (Lipinski definition) is 2. The Labute approximate surface area is 233 Å². The number of aliphatic carboxylic acids is 1. The van der Waals surface area contributed by atoms with Gasteiger partial charge in [0, 0.05) is 42.3 Å². The van der Waals surface area contributed by atoms with Crippen molar-refractivity contribution in [2.75, 3.05) is 44.8 Å². The van der Waals surface area contributed by atoms with Crippen LogP contribution in [0.3, 0.4) is 0 Å². The molecule has 0 bridgehead atoms. The van der Waals surface area contributed by atoms with E-state index in [0.717, 1.165) is 56.3 Å². The number of carboxylic acids is 1. The summed E-state index contributed by atoms with van der Waals surface area (Å²) in [4.78, 5) is 23.0. The standard InChI is InChI=1S/C31H32N4O5/c1-22(31(36)37)26-18-27-28(19-29(26)39-15-5-12-35-13-16-38-17-14-35)32-21-33-30(27)34-24-8-10-25(11-9-24)40-20-23-6-3-2-4-7-23/h2-4,6-11,18-19,21H,1,5,12-17,20H2,(H,36,37)(H,32,33,34). The number of morpholine rings is 1. The van der Waals surface area contributed by atoms with E-state index in [9.17, 15) is 9.90 Å². The molecule has 206 valence electrons. The first-order valence-electron chi connectivity index (χ1n) is 13.2. The Balaban J connectivity index is 1.30. The van der Waals surface area contributed by atoms with Crippen LogP contribution in [0.25, 0.3) is 16.5 Å². The predicted molar refractivity (Wildman–Crippen MR) is 154 cm³/mol. The van der Waals surface area contributed by atoms with Gasteiger partial charge < -0.3 is 24.6 Å². The molecule has 0 amide bonds. The van der Waals surface area contributed by atoms with Crippen molar-refractivity contribution in [3.63, 3.8) is 0 Å². The fourth-order valence-corrected chi connectivity index (χ4v) is 4.46. The molecule has 1 aromatic heterocycles. The van der Waals surface area contributed by atoms with Crippen LogP contribution in [0.1, 0.15) is 17.5 Å². The van der Waals surface area contributed by atoms with Crippen molar-refractivity contribution in [2.45, 2.75) is 13.0 Å². The molecule has 0 unspecified atom stereocenters. The van der Waals surface area contributed by atoms with Gasteiger partial charge in [-0.2, -0.15) is 0 Å². The predicted octanol–water partition coefficient (Wildman–Crippen LogP) is 5.15. The molecular weight excluding hydrogens is 508 g/mol. The topological polar surface area (TPSA) is 106 Å². The number of anilines is 2. The number of aromatic nitrogens is 2. The molecule has 0 radical (unpaired) electrons. The maximum Gasteiger partial charge on any atom is 0.335 e. The molecule has 0 aliphatic carbocycles. The summed E-state index contributed by atoms with van der Waals surface area (Å²) in [6.07, 6.45) is 2.27. The first-order chi connectivity index (χ1) is 19.6. The smallest absolute Gasteiger partial charge is 0.335 e. The highest BCUT2D eigenvalue weighted by Crippen LogP contribution is 2.33. The molecular formula is C31H32N4O5. The van der Waals surface area contributed by atoms with Crippen LogP contribution >= 0.6 is 0 Å². The van der Waals surface area contributed by atoms with Gasteiger partial charge in [0.1, 0.15) is 30.3 Å². The van der Waals surface area contributed by atoms with Gasteiger partial charge >= 0.3 is 5.97 Å². The summed E-state index contributed by atoms with van der Waals surface area (Å²) in [6, 6.07) is 21.0. The highest BCUT2D eigenvalue weighted by Gasteiger charge is 2.18. The van der Waals surface area contributed by atoms with E-state index in [1.54, 1.807) is 12.1 Å². The molecule has 5 rings (SSSR count). The fraction of sp³-hybridized carbons (Fsp3) is 0.258. The van der Waals surface area contributed by atoms with Crippen molar-refractivity contribution in [1.29, 1.82) is 0 Å². The van der Waals surface area contributed by atoms with E-state index in [-0.39, 0.29) is 5.57 Å². The highest BCUT2D eigenvalue weighted by atomic mass is 16.5. The zero-order chi connectivity index (χ0) is 27.7. The Morgan fingerprint density at radius 3 is 2.55 bits per heavy atom. The molecule has 9 heteroatoms. The van der Waals surface area contributed by atoms with Crippen LogP contribution in [0.15, 0.2) is 79.6 Å². The second-order valence-corrected chi connectivity index (χ2v) is 9.45. The summed E-state index contributed by atoms with van der Waals surface area (Å²) < 4.78 is 17.3. The lowest BCUT2D eigenvalue weighted by molar-refractivity contribution is -0.130. The van der Waals surface area contributed by atoms with Gasteiger partial charge in [-0.05, 0) is 42.3 Å². The molecule has 0 spiro atoms. The van der Waals surface area contributed by atoms with Crippen molar-refractivity contribution >= 4 is 34.0 Å². The monoisotopic (exact) mass is 540 g/mol. The van der Waals surface area contributed by atoms with Crippen molar-refractivity contribution in [3.05, 3.63) is 90.8 Å². The van der Waals surface area contributed by atoms with Gasteiger partial charge in [-0.15, -0.1) is 0 Å². The number of carboxylic acid groups (broad SMARTS) is 1. The number of fused-ring (bicyclic) bond motifs is 1. The summed E-state index contributed by atoms with van der Waals surface area (Å²) >= 11 is 0. The van der Waals surface area contributed by atoms with Crippen LogP contribution < -0.4 is 14.8 Å². The Bertz CT molecular complexity index is 1450. The maximum atomic E-state index is 11.8. The zero-order valence-electron chi connectivity index (χ0n) is 22.2. The minimum absolute atomic E-state index is 0.0557. The third-order valence-electron chi connectivity index (χ3n) is 6.67. The van der Waals surface area contributed by atoms with Crippen molar-refractivity contribution < 1.29 is 24.1 Å². The third kappa shape index (κ3) is 6.93. The van der Waals surface area contributed by atoms with Crippen LogP contribution in [0, 0.1) is 0 Å². The first kappa shape index (κ1) is 27.1. The quantitative estimate of drug-likeness (QED) is 0.186. The molecule has 0 atom stereocenters. The number of nitrogens with one attached hydrogen (secondary N) is 1. The zero-order valence-corrected chi connectivity index (χ0v) is 22.2. The van der Waals surface area contributed by atoms with E-state index in [1.165, 1.54) is 6.33 Å². The van der Waals surface area contributed by atoms with Crippen LogP contribution in [0.4, 0.5) is 11.5 Å². The average Bonchev–Trinajstić information content (AvgIpc) is 2.99. The van der Waals surface area contributed by atoms with Crippen LogP contribution in [0.2, 0.25) is 0 Å². The SMILES string of the molecule is C=C(C(=O)O)c1cc2c(Nc3ccc(OCc4ccccc4)cc3)ncnc2cc1OCCCN1CCOCC1. The van der Waals surface area contributed by atoms with Gasteiger partial charge in [0.2, 0.25) is 0 Å². The molecule has 0 saturated carbocycles. The van der Waals surface area contributed by atoms with E-state index in [2.05, 4.69) is 26.8 Å². The molecule has 1 fully saturated rings. The third-order valence-corrected chi connectivity index (χ3v) is 6.67. The molecule has 9 nitrogen and oxygen atoms in total. The van der Waals surface area contributed by atoms with Crippen molar-refractivity contribution in [1.82, 2.24) is 14.9 Å². The van der Waals surface area contributed by atoms with Crippen LogP contribution in [-0.2, 0) is 16.1 Å². The molecule has 1 aliphatic heterocycles. The van der Waals surface area contributed by atoms with Crippen molar-refractivity contribution in [2.24, 2.45) is 0 Å². The van der Waals surface area contributed by atoms with E-state index in [0.29, 0.717) is 41.2 Å². The van der Waals surface area contributed by atoms with E-state index >= 15 is 0 Å². The largest absolute Gasteiger partial charge is 0.493 e. The lowest BCUT2D eigenvalue weighted by atomic mass is 10.0. The van der Waals surface area contributed by atoms with Gasteiger partial charge in [0.25, 0.3) is 0 Å². The fourth-order valence-electron chi connectivity index (χ4n) is 4.46. The van der Waals surface area contributed by atoms with Gasteiger partial charge in [-0.1, -0.05) is 36.9 Å². The average molecular weight is 541 g/mol. The summed E-state index contributed by atoms with van der Waals surface area (Å²) in [6.45, 7) is 8.91. The van der Waals surface area contributed by atoms with E-state index < -0.39 is 5.97 Å². The number of rotatable bonds is 12. The van der Waals surface area contributed by atoms with Gasteiger partial charge in [0.05, 0.1) is 30.9 Å². The normalized spacial score (nSPS) is 13.6. The molecule has 4 aromatic rings. The summed E-state index contributed by atoms with van der Waals surface area (Å²) in [5.74, 6) is 0.611. The van der Waals surface area contributed by atoms with Crippen LogP contribution in [-0.4, -0.2) is 65.4 Å². The summed E-state index contributed by atoms with van der Waals surface area (Å²) in [5.41, 5.74) is 2.87. The Kier molecular flexibility index (Phi) is 8.85. The Morgan fingerprint density at radius 1 is 1.02 bits per heavy atom. The van der Waals surface area contributed by atoms with E-state index in [4.69, 9.17) is 14.2 Å². The van der Waals surface area contributed by atoms with Gasteiger partial charge in [-0.25, -0.2) is 14.8 Å². The number of ether oxygens (including phenoxy) is 3. The second kappa shape index (κ2) is 13.1. The Morgan fingerprint density at radius 2 is 1.80 bits per heavy atom. The molecule has 3 aromatic carbocycles. The van der Waals surface area contributed by atoms with E-state index in [1.807, 2.05) is 54.6 Å². The molecule has 1 aliphatic rings. The number of benzene rings is 3. The molecule has 2 heterocycles. The maximum absolute atomic E-state index is 11.8. The number of nitrogens with zero attached hydrogens (tertiary/aromatic N) is 3. The minimum Gasteiger partial charge on any atom is -0.493 e. The lowest BCUT2D eigenvalue weighted by Gasteiger charge is -2.26. The summed E-state index contributed by atoms with van der Waals surface area (Å²) in [5, 5.41) is 13.7. The number of carbonyl (C=O) groups is 1. The van der Waals surface area contributed by atoms with Crippen LogP contribution in [0.5, 0.6) is 11.5 Å². The minimum atomic E-state index is -1.12. The van der Waals surface area contributed by atoms with Crippen molar-refractivity contribution in [3.8, 4) is 11.5 Å². The van der Waals surface area contributed by atoms with Gasteiger partial charge in [0.15, 0.2) is 0 Å². The van der Waals surface area contributed by atoms with Gasteiger partial charge in [-0.3, -0.25) is 4.90 Å². The first-order valence-corrected chi connectivity index (χ1v) is 13.2.